The lowest BCUT2D eigenvalue weighted by Crippen LogP contribution is -2.12. The van der Waals surface area contributed by atoms with Crippen molar-refractivity contribution < 1.29 is 23.7 Å². The molecule has 0 N–H and O–H groups in total. The van der Waals surface area contributed by atoms with Crippen LogP contribution in [-0.4, -0.2) is 23.7 Å². The zero-order chi connectivity index (χ0) is 23.3. The van der Waals surface area contributed by atoms with Crippen molar-refractivity contribution in [2.24, 2.45) is 0 Å². The largest absolute Gasteiger partial charge is 0.489 e. The quantitative estimate of drug-likeness (QED) is 0.249. The van der Waals surface area contributed by atoms with Crippen molar-refractivity contribution in [3.8, 4) is 11.5 Å². The van der Waals surface area contributed by atoms with Crippen LogP contribution in [0.15, 0.2) is 84.9 Å². The summed E-state index contributed by atoms with van der Waals surface area (Å²) in [7, 11) is 0. The highest BCUT2D eigenvalue weighted by molar-refractivity contribution is 5.79. The van der Waals surface area contributed by atoms with Crippen LogP contribution < -0.4 is 9.47 Å². The number of aromatic nitrogens is 1. The molecule has 0 amide bonds. The molecule has 5 rings (SSSR count). The van der Waals surface area contributed by atoms with Gasteiger partial charge >= 0.3 is 5.97 Å². The van der Waals surface area contributed by atoms with Gasteiger partial charge in [-0.15, -0.1) is 0 Å². The maximum atomic E-state index is 11.9. The van der Waals surface area contributed by atoms with Gasteiger partial charge in [-0.25, -0.2) is 9.78 Å². The van der Waals surface area contributed by atoms with Crippen molar-refractivity contribution in [2.45, 2.75) is 32.3 Å². The number of para-hydroxylation sites is 1. The van der Waals surface area contributed by atoms with Crippen molar-refractivity contribution >= 4 is 16.9 Å². The molecular formula is C28H25NO5. The fourth-order valence-electron chi connectivity index (χ4n) is 3.83. The zero-order valence-corrected chi connectivity index (χ0v) is 18.8. The van der Waals surface area contributed by atoms with E-state index < -0.39 is 6.10 Å². The second-order valence-corrected chi connectivity index (χ2v) is 7.97. The maximum Gasteiger partial charge on any atom is 0.338 e. The number of benzene rings is 3. The minimum atomic E-state index is -0.533. The molecule has 3 aromatic carbocycles. The summed E-state index contributed by atoms with van der Waals surface area (Å²) in [4.78, 5) is 16.6. The van der Waals surface area contributed by atoms with Gasteiger partial charge in [-0.2, -0.15) is 0 Å². The number of hydrogen-bond acceptors (Lipinski definition) is 6. The molecule has 1 fully saturated rings. The Morgan fingerprint density at radius 2 is 1.56 bits per heavy atom. The van der Waals surface area contributed by atoms with Crippen molar-refractivity contribution in [3.63, 3.8) is 0 Å². The minimum absolute atomic E-state index is 0.279. The first-order chi connectivity index (χ1) is 16.7. The van der Waals surface area contributed by atoms with Crippen LogP contribution in [0.2, 0.25) is 0 Å². The molecule has 172 valence electrons. The van der Waals surface area contributed by atoms with Crippen LogP contribution >= 0.6 is 0 Å². The average molecular weight is 456 g/mol. The van der Waals surface area contributed by atoms with E-state index >= 15 is 0 Å². The molecule has 4 aromatic rings. The monoisotopic (exact) mass is 455 g/mol. The molecular weight excluding hydrogens is 430 g/mol. The molecule has 1 aromatic heterocycles. The van der Waals surface area contributed by atoms with E-state index in [-0.39, 0.29) is 12.1 Å². The van der Waals surface area contributed by atoms with Crippen LogP contribution in [0.5, 0.6) is 11.5 Å². The first-order valence-electron chi connectivity index (χ1n) is 11.3. The van der Waals surface area contributed by atoms with E-state index in [1.54, 1.807) is 6.92 Å². The van der Waals surface area contributed by atoms with Gasteiger partial charge in [-0.1, -0.05) is 48.5 Å². The summed E-state index contributed by atoms with van der Waals surface area (Å²) in [6.07, 6.45) is -0.812. The number of carbonyl (C=O) groups is 1. The Hall–Kier alpha value is -3.90. The number of nitrogens with zero attached hydrogens (tertiary/aromatic N) is 1. The molecule has 2 unspecified atom stereocenters. The molecule has 0 spiro atoms. The Labute approximate surface area is 198 Å². The van der Waals surface area contributed by atoms with Crippen molar-refractivity contribution in [1.29, 1.82) is 0 Å². The first kappa shape index (κ1) is 21.9. The molecule has 0 radical (unpaired) electrons. The smallest absolute Gasteiger partial charge is 0.338 e. The Morgan fingerprint density at radius 1 is 0.853 bits per heavy atom. The summed E-state index contributed by atoms with van der Waals surface area (Å²) in [5.74, 6) is 1.15. The van der Waals surface area contributed by atoms with Crippen LogP contribution in [-0.2, 0) is 27.5 Å². The van der Waals surface area contributed by atoms with Gasteiger partial charge in [0.1, 0.15) is 30.8 Å². The Bertz CT molecular complexity index is 1290. The molecule has 1 saturated heterocycles. The summed E-state index contributed by atoms with van der Waals surface area (Å²) in [6.45, 7) is 2.89. The van der Waals surface area contributed by atoms with Crippen LogP contribution in [0, 0.1) is 0 Å². The average Bonchev–Trinajstić information content (AvgIpc) is 3.68. The minimum Gasteiger partial charge on any atom is -0.489 e. The number of esters is 1. The summed E-state index contributed by atoms with van der Waals surface area (Å²) in [6, 6.07) is 27.4. The Morgan fingerprint density at radius 3 is 2.35 bits per heavy atom. The van der Waals surface area contributed by atoms with Gasteiger partial charge in [0.05, 0.1) is 17.8 Å². The molecule has 0 bridgehead atoms. The number of epoxide rings is 1. The first-order valence-corrected chi connectivity index (χ1v) is 11.3. The number of rotatable bonds is 9. The lowest BCUT2D eigenvalue weighted by atomic mass is 10.0. The Balaban J connectivity index is 1.17. The van der Waals surface area contributed by atoms with Gasteiger partial charge in [0.25, 0.3) is 0 Å². The lowest BCUT2D eigenvalue weighted by molar-refractivity contribution is -0.144. The number of fused-ring (bicyclic) bond motifs is 1. The van der Waals surface area contributed by atoms with E-state index in [9.17, 15) is 4.79 Å². The molecule has 6 nitrogen and oxygen atoms in total. The van der Waals surface area contributed by atoms with E-state index in [0.29, 0.717) is 19.8 Å². The van der Waals surface area contributed by atoms with E-state index in [1.165, 1.54) is 0 Å². The summed E-state index contributed by atoms with van der Waals surface area (Å²) in [5, 5.41) is 1.11. The number of ether oxygens (including phenoxy) is 4. The van der Waals surface area contributed by atoms with Crippen molar-refractivity contribution in [1.82, 2.24) is 4.98 Å². The van der Waals surface area contributed by atoms with Crippen molar-refractivity contribution in [2.75, 3.05) is 6.61 Å². The second kappa shape index (κ2) is 9.93. The molecule has 1 aliphatic rings. The molecule has 1 aliphatic heterocycles. The number of carbonyl (C=O) groups excluding carboxylic acids is 1. The molecule has 6 heteroatoms. The van der Waals surface area contributed by atoms with E-state index in [4.69, 9.17) is 18.9 Å². The second-order valence-electron chi connectivity index (χ2n) is 7.97. The van der Waals surface area contributed by atoms with Crippen LogP contribution in [0.3, 0.4) is 0 Å². The van der Waals surface area contributed by atoms with Gasteiger partial charge in [0.2, 0.25) is 0 Å². The molecule has 2 atom stereocenters. The fraction of sp³-hybridized carbons (Fsp3) is 0.214. The standard InChI is InChI=1S/C28H25NO5/c1-2-31-28(30)27-26(34-27)24-9-5-3-8-20(24)17-32-22-13-15-23(16-14-22)33-18-21-12-11-19-7-4-6-10-25(19)29-21/h3-16,26-27H,2,17-18H2,1H3. The number of pyridine rings is 1. The van der Waals surface area contributed by atoms with Crippen molar-refractivity contribution in [3.05, 3.63) is 102 Å². The number of hydrogen-bond donors (Lipinski definition) is 0. The van der Waals surface area contributed by atoms with Gasteiger partial charge in [-0.3, -0.25) is 0 Å². The van der Waals surface area contributed by atoms with Gasteiger partial charge in [0, 0.05) is 5.39 Å². The van der Waals surface area contributed by atoms with E-state index in [0.717, 1.165) is 39.2 Å². The molecule has 0 saturated carbocycles. The fourth-order valence-corrected chi connectivity index (χ4v) is 3.83. The molecule has 0 aliphatic carbocycles. The third-order valence-electron chi connectivity index (χ3n) is 5.63. The summed E-state index contributed by atoms with van der Waals surface area (Å²) in [5.41, 5.74) is 3.75. The highest BCUT2D eigenvalue weighted by Gasteiger charge is 2.48. The zero-order valence-electron chi connectivity index (χ0n) is 18.8. The highest BCUT2D eigenvalue weighted by atomic mass is 16.6. The third-order valence-corrected chi connectivity index (χ3v) is 5.63. The van der Waals surface area contributed by atoms with Crippen LogP contribution in [0.4, 0.5) is 0 Å². The topological polar surface area (TPSA) is 70.2 Å². The SMILES string of the molecule is CCOC(=O)C1OC1c1ccccc1COc1ccc(OCc2ccc3ccccc3n2)cc1. The highest BCUT2D eigenvalue weighted by Crippen LogP contribution is 2.41. The lowest BCUT2D eigenvalue weighted by Gasteiger charge is -2.11. The summed E-state index contributed by atoms with van der Waals surface area (Å²) < 4.78 is 22.5. The predicted octanol–water partition coefficient (Wildman–Crippen LogP) is 5.40. The van der Waals surface area contributed by atoms with Crippen LogP contribution in [0.1, 0.15) is 29.8 Å². The predicted molar refractivity (Wildman–Crippen MR) is 128 cm³/mol. The van der Waals surface area contributed by atoms with Gasteiger partial charge < -0.3 is 18.9 Å². The van der Waals surface area contributed by atoms with E-state index in [2.05, 4.69) is 11.1 Å². The van der Waals surface area contributed by atoms with Gasteiger partial charge in [-0.05, 0) is 54.4 Å². The molecule has 2 heterocycles. The van der Waals surface area contributed by atoms with Gasteiger partial charge in [0.15, 0.2) is 6.10 Å². The normalized spacial score (nSPS) is 16.7. The molecule has 34 heavy (non-hydrogen) atoms. The maximum absolute atomic E-state index is 11.9. The summed E-state index contributed by atoms with van der Waals surface area (Å²) >= 11 is 0. The van der Waals surface area contributed by atoms with Crippen LogP contribution in [0.25, 0.3) is 10.9 Å². The van der Waals surface area contributed by atoms with E-state index in [1.807, 2.05) is 78.9 Å². The Kier molecular flexibility index (Phi) is 6.40. The third kappa shape index (κ3) is 5.02.